The summed E-state index contributed by atoms with van der Waals surface area (Å²) in [5.74, 6) is -0.108. The molecule has 3 heterocycles. The minimum absolute atomic E-state index is 0. The molecule has 1 aliphatic heterocycles. The van der Waals surface area contributed by atoms with Crippen LogP contribution in [0.4, 0.5) is 10.1 Å². The highest BCUT2D eigenvalue weighted by Crippen LogP contribution is 2.40. The molecule has 6 rings (SSSR count). The fraction of sp³-hybridized carbons (Fsp3) is 0.280. The van der Waals surface area contributed by atoms with Gasteiger partial charge >= 0.3 is 0 Å². The minimum atomic E-state index is -0.582. The number of benzene rings is 2. The van der Waals surface area contributed by atoms with Crippen molar-refractivity contribution in [3.05, 3.63) is 71.7 Å². The molecule has 0 bridgehead atoms. The van der Waals surface area contributed by atoms with Gasteiger partial charge < -0.3 is 14.6 Å². The van der Waals surface area contributed by atoms with E-state index < -0.39 is 11.7 Å². The molecule has 0 unspecified atom stereocenters. The van der Waals surface area contributed by atoms with Gasteiger partial charge in [-0.25, -0.2) is 14.1 Å². The highest BCUT2D eigenvalue weighted by atomic mass is 19.1. The average Bonchev–Trinajstić information content (AvgIpc) is 3.41. The van der Waals surface area contributed by atoms with Crippen molar-refractivity contribution in [1.82, 2.24) is 24.5 Å². The van der Waals surface area contributed by atoms with Crippen LogP contribution in [-0.2, 0) is 6.54 Å². The van der Waals surface area contributed by atoms with Crippen LogP contribution in [0.5, 0.6) is 5.75 Å². The van der Waals surface area contributed by atoms with Crippen molar-refractivity contribution in [3.8, 4) is 22.7 Å². The van der Waals surface area contributed by atoms with Crippen LogP contribution in [0.15, 0.2) is 49.1 Å². The Morgan fingerprint density at radius 1 is 1.26 bits per heavy atom. The highest BCUT2D eigenvalue weighted by Gasteiger charge is 2.26. The standard InChI is InChI=1S/C24H21FN6O2.CH4/c1-14-9-18(25)17(10-21(14)30-12-20(26-13-30)15-5-6-15)24(32)28-19-4-2-3-16-22-11-27-29-31(22)7-8-33-23(16)19;/h2-4,9-13,15H,5-8H2,1H3,(H,28,32);1H4. The summed E-state index contributed by atoms with van der Waals surface area (Å²) in [7, 11) is 0. The van der Waals surface area contributed by atoms with Gasteiger partial charge in [-0.3, -0.25) is 4.79 Å². The van der Waals surface area contributed by atoms with E-state index in [9.17, 15) is 9.18 Å². The first-order chi connectivity index (χ1) is 16.1. The lowest BCUT2D eigenvalue weighted by atomic mass is 10.1. The molecule has 0 saturated heterocycles. The van der Waals surface area contributed by atoms with Crippen molar-refractivity contribution in [2.75, 3.05) is 11.9 Å². The quantitative estimate of drug-likeness (QED) is 0.476. The molecule has 9 heteroatoms. The first kappa shape index (κ1) is 21.8. The third kappa shape index (κ3) is 3.72. The van der Waals surface area contributed by atoms with Crippen molar-refractivity contribution in [2.24, 2.45) is 0 Å². The van der Waals surface area contributed by atoms with Crippen molar-refractivity contribution < 1.29 is 13.9 Å². The lowest BCUT2D eigenvalue weighted by molar-refractivity contribution is 0.102. The molecule has 0 spiro atoms. The largest absolute Gasteiger partial charge is 0.489 e. The van der Waals surface area contributed by atoms with Gasteiger partial charge in [0.1, 0.15) is 12.4 Å². The van der Waals surface area contributed by atoms with Crippen LogP contribution in [-0.4, -0.2) is 37.1 Å². The topological polar surface area (TPSA) is 86.9 Å². The molecule has 4 aromatic rings. The van der Waals surface area contributed by atoms with Crippen LogP contribution in [0.3, 0.4) is 0 Å². The van der Waals surface area contributed by atoms with Gasteiger partial charge in [-0.05, 0) is 49.6 Å². The summed E-state index contributed by atoms with van der Waals surface area (Å²) in [5.41, 5.74) is 4.46. The number of nitrogens with one attached hydrogen (secondary N) is 1. The van der Waals surface area contributed by atoms with Crippen LogP contribution in [0.2, 0.25) is 0 Å². The predicted octanol–water partition coefficient (Wildman–Crippen LogP) is 4.74. The Bertz CT molecular complexity index is 1390. The summed E-state index contributed by atoms with van der Waals surface area (Å²) in [6.07, 6.45) is 7.63. The van der Waals surface area contributed by atoms with E-state index in [0.29, 0.717) is 30.5 Å². The van der Waals surface area contributed by atoms with Gasteiger partial charge in [-0.15, -0.1) is 5.10 Å². The molecule has 1 amide bonds. The van der Waals surface area contributed by atoms with E-state index in [2.05, 4.69) is 20.6 Å². The molecule has 1 saturated carbocycles. The van der Waals surface area contributed by atoms with E-state index in [4.69, 9.17) is 4.74 Å². The van der Waals surface area contributed by atoms with E-state index in [1.165, 1.54) is 6.07 Å². The first-order valence-corrected chi connectivity index (χ1v) is 10.9. The SMILES string of the molecule is C.Cc1cc(F)c(C(=O)Nc2cccc3c2OCCn2nncc2-3)cc1-n1cnc(C2CC2)c1. The van der Waals surface area contributed by atoms with Crippen LogP contribution in [0.25, 0.3) is 16.9 Å². The molecule has 2 aromatic carbocycles. The number of nitrogens with zero attached hydrogens (tertiary/aromatic N) is 5. The number of amides is 1. The Morgan fingerprint density at radius 3 is 2.94 bits per heavy atom. The number of hydrogen-bond donors (Lipinski definition) is 1. The van der Waals surface area contributed by atoms with Gasteiger partial charge in [0.2, 0.25) is 0 Å². The lowest BCUT2D eigenvalue weighted by Crippen LogP contribution is -2.16. The Kier molecular flexibility index (Phi) is 5.39. The lowest BCUT2D eigenvalue weighted by Gasteiger charge is -2.15. The van der Waals surface area contributed by atoms with Crippen LogP contribution in [0, 0.1) is 12.7 Å². The molecule has 8 nitrogen and oxygen atoms in total. The Morgan fingerprint density at radius 2 is 2.12 bits per heavy atom. The molecular formula is C25H25FN6O2. The molecule has 0 radical (unpaired) electrons. The number of halogens is 1. The van der Waals surface area contributed by atoms with Gasteiger partial charge in [0.15, 0.2) is 5.75 Å². The van der Waals surface area contributed by atoms with Crippen molar-refractivity contribution in [1.29, 1.82) is 0 Å². The second-order valence-electron chi connectivity index (χ2n) is 8.43. The van der Waals surface area contributed by atoms with Gasteiger partial charge in [0, 0.05) is 17.7 Å². The summed E-state index contributed by atoms with van der Waals surface area (Å²) in [6, 6.07) is 8.38. The maximum Gasteiger partial charge on any atom is 0.258 e. The van der Waals surface area contributed by atoms with Gasteiger partial charge in [-0.2, -0.15) is 0 Å². The highest BCUT2D eigenvalue weighted by molar-refractivity contribution is 6.06. The third-order valence-corrected chi connectivity index (χ3v) is 6.11. The Labute approximate surface area is 196 Å². The van der Waals surface area contributed by atoms with E-state index in [-0.39, 0.29) is 13.0 Å². The number of rotatable bonds is 4. The summed E-state index contributed by atoms with van der Waals surface area (Å²) >= 11 is 0. The van der Waals surface area contributed by atoms with Gasteiger partial charge in [0.05, 0.1) is 47.4 Å². The monoisotopic (exact) mass is 460 g/mol. The summed E-state index contributed by atoms with van der Waals surface area (Å²) in [6.45, 7) is 2.74. The predicted molar refractivity (Wildman–Crippen MR) is 126 cm³/mol. The van der Waals surface area contributed by atoms with Crippen LogP contribution >= 0.6 is 0 Å². The second kappa shape index (κ2) is 8.40. The number of hydrogen-bond acceptors (Lipinski definition) is 5. The van der Waals surface area contributed by atoms with Crippen molar-refractivity contribution in [2.45, 2.75) is 39.7 Å². The van der Waals surface area contributed by atoms with Gasteiger partial charge in [0.25, 0.3) is 5.91 Å². The number of carbonyl (C=O) groups is 1. The maximum absolute atomic E-state index is 14.9. The Hall–Kier alpha value is -4.01. The number of anilines is 1. The smallest absolute Gasteiger partial charge is 0.258 e. The fourth-order valence-corrected chi connectivity index (χ4v) is 4.22. The molecule has 2 aromatic heterocycles. The molecule has 34 heavy (non-hydrogen) atoms. The number of para-hydroxylation sites is 1. The zero-order chi connectivity index (χ0) is 22.5. The number of fused-ring (bicyclic) bond motifs is 3. The van der Waals surface area contributed by atoms with Crippen molar-refractivity contribution >= 4 is 11.6 Å². The number of aromatic nitrogens is 5. The van der Waals surface area contributed by atoms with Gasteiger partial charge in [-0.1, -0.05) is 18.7 Å². The summed E-state index contributed by atoms with van der Waals surface area (Å²) < 4.78 is 24.4. The van der Waals surface area contributed by atoms with Crippen LogP contribution in [0.1, 0.15) is 47.8 Å². The number of ether oxygens (including phenoxy) is 1. The zero-order valence-electron chi connectivity index (χ0n) is 18.0. The minimum Gasteiger partial charge on any atom is -0.489 e. The van der Waals surface area contributed by atoms with E-state index in [1.54, 1.807) is 29.3 Å². The Balaban J connectivity index is 0.00000241. The normalized spacial score (nSPS) is 14.3. The van der Waals surface area contributed by atoms with Crippen molar-refractivity contribution in [3.63, 3.8) is 0 Å². The molecule has 1 N–H and O–H groups in total. The number of carbonyl (C=O) groups excluding carboxylic acids is 1. The molecule has 1 fully saturated rings. The van der Waals surface area contributed by atoms with E-state index in [1.807, 2.05) is 29.8 Å². The zero-order valence-corrected chi connectivity index (χ0v) is 18.0. The second-order valence-corrected chi connectivity index (χ2v) is 8.43. The first-order valence-electron chi connectivity index (χ1n) is 10.9. The molecule has 1 aliphatic carbocycles. The average molecular weight is 461 g/mol. The van der Waals surface area contributed by atoms with E-state index in [0.717, 1.165) is 41.0 Å². The third-order valence-electron chi connectivity index (χ3n) is 6.11. The maximum atomic E-state index is 14.9. The number of aryl methyl sites for hydroxylation is 1. The molecular weight excluding hydrogens is 435 g/mol. The fourth-order valence-electron chi connectivity index (χ4n) is 4.22. The van der Waals surface area contributed by atoms with Crippen LogP contribution < -0.4 is 10.1 Å². The van der Waals surface area contributed by atoms with E-state index >= 15 is 0 Å². The molecule has 174 valence electrons. The summed E-state index contributed by atoms with van der Waals surface area (Å²) in [5, 5.41) is 10.9. The molecule has 0 atom stereocenters. The summed E-state index contributed by atoms with van der Waals surface area (Å²) in [4.78, 5) is 17.6. The molecule has 2 aliphatic rings. The number of imidazole rings is 1.